The summed E-state index contributed by atoms with van der Waals surface area (Å²) in [5.74, 6) is 0.871. The molecule has 1 unspecified atom stereocenters. The molecule has 0 saturated heterocycles. The summed E-state index contributed by atoms with van der Waals surface area (Å²) in [6.07, 6.45) is 1.87. The first-order valence-corrected chi connectivity index (χ1v) is 7.02. The molecule has 2 aromatic rings. The van der Waals surface area contributed by atoms with Gasteiger partial charge in [-0.3, -0.25) is 4.98 Å². The molecule has 0 radical (unpaired) electrons. The van der Waals surface area contributed by atoms with Crippen LogP contribution in [0.4, 0.5) is 0 Å². The van der Waals surface area contributed by atoms with Gasteiger partial charge in [0.2, 0.25) is 0 Å². The van der Waals surface area contributed by atoms with Crippen LogP contribution >= 0.6 is 11.8 Å². The topological polar surface area (TPSA) is 38.9 Å². The standard InChI is InChI=1S/C15H18N2S/c1-11-5-3-4-6-15(11)18-10-14(16)13-8-7-12(2)17-9-13/h3-9,14H,10,16H2,1-2H3. The number of aryl methyl sites for hydroxylation is 2. The average molecular weight is 258 g/mol. The molecule has 0 aliphatic carbocycles. The van der Waals surface area contributed by atoms with Gasteiger partial charge in [-0.2, -0.15) is 0 Å². The fourth-order valence-corrected chi connectivity index (χ4v) is 2.71. The second-order valence-electron chi connectivity index (χ2n) is 4.42. The summed E-state index contributed by atoms with van der Waals surface area (Å²) in [6.45, 7) is 4.11. The van der Waals surface area contributed by atoms with Gasteiger partial charge in [0.05, 0.1) is 0 Å². The van der Waals surface area contributed by atoms with Crippen LogP contribution in [-0.4, -0.2) is 10.7 Å². The minimum absolute atomic E-state index is 0.0303. The van der Waals surface area contributed by atoms with Crippen LogP contribution in [0.25, 0.3) is 0 Å². The van der Waals surface area contributed by atoms with E-state index in [9.17, 15) is 0 Å². The SMILES string of the molecule is Cc1ccc(C(N)CSc2ccccc2C)cn1. The first-order chi connectivity index (χ1) is 8.66. The van der Waals surface area contributed by atoms with Crippen molar-refractivity contribution in [3.8, 4) is 0 Å². The smallest absolute Gasteiger partial charge is 0.0405 e. The molecule has 0 aliphatic rings. The molecule has 1 aromatic carbocycles. The molecule has 2 nitrogen and oxygen atoms in total. The highest BCUT2D eigenvalue weighted by molar-refractivity contribution is 7.99. The predicted molar refractivity (Wildman–Crippen MR) is 77.8 cm³/mol. The lowest BCUT2D eigenvalue weighted by molar-refractivity contribution is 0.822. The normalized spacial score (nSPS) is 12.4. The molecule has 3 heteroatoms. The number of benzene rings is 1. The van der Waals surface area contributed by atoms with Gasteiger partial charge in [-0.15, -0.1) is 11.8 Å². The Kier molecular flexibility index (Phi) is 4.39. The lowest BCUT2D eigenvalue weighted by Gasteiger charge is -2.12. The zero-order valence-corrected chi connectivity index (χ0v) is 11.6. The minimum atomic E-state index is 0.0303. The third-order valence-electron chi connectivity index (χ3n) is 2.87. The van der Waals surface area contributed by atoms with Crippen LogP contribution in [-0.2, 0) is 0 Å². The van der Waals surface area contributed by atoms with Gasteiger partial charge in [-0.05, 0) is 37.1 Å². The van der Waals surface area contributed by atoms with Crippen LogP contribution < -0.4 is 5.73 Å². The van der Waals surface area contributed by atoms with Crippen molar-refractivity contribution < 1.29 is 0 Å². The van der Waals surface area contributed by atoms with E-state index >= 15 is 0 Å². The first kappa shape index (κ1) is 13.1. The summed E-state index contributed by atoms with van der Waals surface area (Å²) in [5.41, 5.74) is 9.61. The lowest BCUT2D eigenvalue weighted by Crippen LogP contribution is -2.13. The molecule has 1 heterocycles. The second kappa shape index (κ2) is 6.03. The lowest BCUT2D eigenvalue weighted by atomic mass is 10.1. The number of aromatic nitrogens is 1. The molecule has 94 valence electrons. The Morgan fingerprint density at radius 3 is 2.61 bits per heavy atom. The molecular formula is C15H18N2S. The van der Waals surface area contributed by atoms with Gasteiger partial charge in [0.1, 0.15) is 0 Å². The van der Waals surface area contributed by atoms with Gasteiger partial charge in [-0.25, -0.2) is 0 Å². The molecule has 0 fully saturated rings. The van der Waals surface area contributed by atoms with E-state index in [1.807, 2.05) is 19.2 Å². The van der Waals surface area contributed by atoms with Crippen molar-refractivity contribution in [2.24, 2.45) is 5.73 Å². The Morgan fingerprint density at radius 1 is 1.17 bits per heavy atom. The van der Waals surface area contributed by atoms with E-state index in [0.717, 1.165) is 17.0 Å². The fourth-order valence-electron chi connectivity index (χ4n) is 1.69. The largest absolute Gasteiger partial charge is 0.323 e. The molecule has 0 bridgehead atoms. The van der Waals surface area contributed by atoms with Crippen molar-refractivity contribution in [2.45, 2.75) is 24.8 Å². The Morgan fingerprint density at radius 2 is 1.94 bits per heavy atom. The molecule has 0 saturated carbocycles. The molecule has 1 atom stereocenters. The first-order valence-electron chi connectivity index (χ1n) is 6.03. The molecule has 2 N–H and O–H groups in total. The maximum absolute atomic E-state index is 6.18. The van der Waals surface area contributed by atoms with Crippen LogP contribution in [0.1, 0.15) is 22.9 Å². The highest BCUT2D eigenvalue weighted by Gasteiger charge is 2.07. The van der Waals surface area contributed by atoms with Gasteiger partial charge in [0, 0.05) is 28.6 Å². The van der Waals surface area contributed by atoms with E-state index in [2.05, 4.69) is 42.2 Å². The monoisotopic (exact) mass is 258 g/mol. The van der Waals surface area contributed by atoms with Crippen LogP contribution in [0.15, 0.2) is 47.5 Å². The Balaban J connectivity index is 1.98. The number of pyridine rings is 1. The predicted octanol–water partition coefficient (Wildman–Crippen LogP) is 3.49. The zero-order chi connectivity index (χ0) is 13.0. The Labute approximate surface area is 113 Å². The van der Waals surface area contributed by atoms with Crippen molar-refractivity contribution in [1.29, 1.82) is 0 Å². The minimum Gasteiger partial charge on any atom is -0.323 e. The van der Waals surface area contributed by atoms with Crippen molar-refractivity contribution in [2.75, 3.05) is 5.75 Å². The maximum atomic E-state index is 6.18. The van der Waals surface area contributed by atoms with E-state index in [1.165, 1.54) is 10.5 Å². The number of rotatable bonds is 4. The van der Waals surface area contributed by atoms with Crippen LogP contribution in [0, 0.1) is 13.8 Å². The van der Waals surface area contributed by atoms with Gasteiger partial charge < -0.3 is 5.73 Å². The summed E-state index contributed by atoms with van der Waals surface area (Å²) >= 11 is 1.80. The molecule has 0 amide bonds. The molecule has 1 aromatic heterocycles. The Bertz CT molecular complexity index is 508. The van der Waals surface area contributed by atoms with Gasteiger partial charge >= 0.3 is 0 Å². The van der Waals surface area contributed by atoms with Crippen molar-refractivity contribution >= 4 is 11.8 Å². The third-order valence-corrected chi connectivity index (χ3v) is 4.17. The second-order valence-corrected chi connectivity index (χ2v) is 5.48. The van der Waals surface area contributed by atoms with Crippen LogP contribution in [0.5, 0.6) is 0 Å². The molecular weight excluding hydrogens is 240 g/mol. The van der Waals surface area contributed by atoms with Gasteiger partial charge in [0.15, 0.2) is 0 Å². The number of nitrogens with two attached hydrogens (primary N) is 1. The molecule has 18 heavy (non-hydrogen) atoms. The van der Waals surface area contributed by atoms with Crippen LogP contribution in [0.3, 0.4) is 0 Å². The van der Waals surface area contributed by atoms with Crippen molar-refractivity contribution in [1.82, 2.24) is 4.98 Å². The van der Waals surface area contributed by atoms with Crippen LogP contribution in [0.2, 0.25) is 0 Å². The highest BCUT2D eigenvalue weighted by atomic mass is 32.2. The van der Waals surface area contributed by atoms with E-state index in [1.54, 1.807) is 11.8 Å². The van der Waals surface area contributed by atoms with Crippen molar-refractivity contribution in [3.63, 3.8) is 0 Å². The summed E-state index contributed by atoms with van der Waals surface area (Å²) < 4.78 is 0. The van der Waals surface area contributed by atoms with E-state index in [0.29, 0.717) is 0 Å². The number of nitrogens with zero attached hydrogens (tertiary/aromatic N) is 1. The molecule has 0 aliphatic heterocycles. The van der Waals surface area contributed by atoms with E-state index < -0.39 is 0 Å². The van der Waals surface area contributed by atoms with Gasteiger partial charge in [-0.1, -0.05) is 24.3 Å². The quantitative estimate of drug-likeness (QED) is 0.853. The average Bonchev–Trinajstić information content (AvgIpc) is 2.38. The summed E-state index contributed by atoms with van der Waals surface area (Å²) in [7, 11) is 0. The summed E-state index contributed by atoms with van der Waals surface area (Å²) in [5, 5.41) is 0. The number of hydrogen-bond donors (Lipinski definition) is 1. The zero-order valence-electron chi connectivity index (χ0n) is 10.8. The third kappa shape index (κ3) is 3.34. The Hall–Kier alpha value is -1.32. The van der Waals surface area contributed by atoms with E-state index in [4.69, 9.17) is 5.73 Å². The van der Waals surface area contributed by atoms with E-state index in [-0.39, 0.29) is 6.04 Å². The number of hydrogen-bond acceptors (Lipinski definition) is 3. The molecule has 2 rings (SSSR count). The fraction of sp³-hybridized carbons (Fsp3) is 0.267. The maximum Gasteiger partial charge on any atom is 0.0405 e. The van der Waals surface area contributed by atoms with Gasteiger partial charge in [0.25, 0.3) is 0 Å². The molecule has 0 spiro atoms. The van der Waals surface area contributed by atoms with Crippen molar-refractivity contribution in [3.05, 3.63) is 59.4 Å². The highest BCUT2D eigenvalue weighted by Crippen LogP contribution is 2.25. The number of thioether (sulfide) groups is 1. The summed E-state index contributed by atoms with van der Waals surface area (Å²) in [6, 6.07) is 12.5. The summed E-state index contributed by atoms with van der Waals surface area (Å²) in [4.78, 5) is 5.58.